The number of carbonyl (C=O) groups excluding carboxylic acids is 6. The van der Waals surface area contributed by atoms with Gasteiger partial charge in [-0.05, 0) is 99.3 Å². The number of nitrogens with one attached hydrogen (secondary N) is 2. The van der Waals surface area contributed by atoms with Gasteiger partial charge in [-0.3, -0.25) is 9.59 Å². The van der Waals surface area contributed by atoms with Crippen molar-refractivity contribution >= 4 is 81.3 Å². The van der Waals surface area contributed by atoms with Crippen molar-refractivity contribution in [3.63, 3.8) is 0 Å². The molecule has 0 aliphatic heterocycles. The number of nitrogens with zero attached hydrogens (tertiary/aromatic N) is 3. The van der Waals surface area contributed by atoms with Gasteiger partial charge in [0, 0.05) is 6.54 Å². The Labute approximate surface area is 486 Å². The maximum Gasteiger partial charge on any atom is 0.347 e. The summed E-state index contributed by atoms with van der Waals surface area (Å²) in [6.45, 7) is 7.66. The molecule has 0 saturated carbocycles. The molecule has 5 rings (SSSR count). The molecule has 1 aromatic heterocycles. The Morgan fingerprint density at radius 3 is 1.65 bits per heavy atom. The van der Waals surface area contributed by atoms with Gasteiger partial charge in [0.1, 0.15) is 23.8 Å². The maximum atomic E-state index is 14.4. The fourth-order valence-corrected chi connectivity index (χ4v) is 9.10. The zero-order valence-corrected chi connectivity index (χ0v) is 49.0. The molecule has 81 heavy (non-hydrogen) atoms. The largest absolute Gasteiger partial charge is 0.464 e. The lowest BCUT2D eigenvalue weighted by molar-refractivity contribution is -0.325. The number of benzene rings is 4. The molecule has 0 radical (unpaired) electrons. The van der Waals surface area contributed by atoms with Crippen molar-refractivity contribution in [2.45, 2.75) is 188 Å². The first-order chi connectivity index (χ1) is 39.3. The van der Waals surface area contributed by atoms with Gasteiger partial charge in [-0.1, -0.05) is 182 Å². The van der Waals surface area contributed by atoms with Crippen molar-refractivity contribution < 1.29 is 57.5 Å². The minimum Gasteiger partial charge on any atom is -0.464 e. The van der Waals surface area contributed by atoms with Gasteiger partial charge in [-0.2, -0.15) is 0 Å². The summed E-state index contributed by atoms with van der Waals surface area (Å²) >= 11 is 13.2. The van der Waals surface area contributed by atoms with Crippen LogP contribution < -0.4 is 15.4 Å². The van der Waals surface area contributed by atoms with Crippen LogP contribution in [-0.4, -0.2) is 76.1 Å². The van der Waals surface area contributed by atoms with E-state index in [-0.39, 0.29) is 65.3 Å². The van der Waals surface area contributed by atoms with E-state index in [2.05, 4.69) is 34.8 Å². The van der Waals surface area contributed by atoms with Crippen LogP contribution in [-0.2, 0) is 56.3 Å². The van der Waals surface area contributed by atoms with Gasteiger partial charge < -0.3 is 29.6 Å². The molecule has 440 valence electrons. The number of fused-ring (bicyclic) bond motifs is 1. The van der Waals surface area contributed by atoms with Crippen molar-refractivity contribution in [1.29, 1.82) is 0 Å². The molecule has 17 nitrogen and oxygen atoms in total. The molecule has 3 atom stereocenters. The van der Waals surface area contributed by atoms with E-state index in [4.69, 9.17) is 51.9 Å². The van der Waals surface area contributed by atoms with Gasteiger partial charge in [0.2, 0.25) is 11.8 Å². The predicted octanol–water partition coefficient (Wildman–Crippen LogP) is 14.6. The summed E-state index contributed by atoms with van der Waals surface area (Å²) in [5.74, 6) is -5.46. The highest BCUT2D eigenvalue weighted by Crippen LogP contribution is 2.28. The number of aromatic nitrogens is 3. The number of halogens is 2. The van der Waals surface area contributed by atoms with Crippen LogP contribution in [0.2, 0.25) is 10.0 Å². The average Bonchev–Trinajstić information content (AvgIpc) is 4.02. The Morgan fingerprint density at radius 1 is 0.568 bits per heavy atom. The van der Waals surface area contributed by atoms with E-state index in [1.807, 2.05) is 0 Å². The van der Waals surface area contributed by atoms with Crippen LogP contribution in [0.15, 0.2) is 84.9 Å². The molecule has 0 aliphatic rings. The van der Waals surface area contributed by atoms with Crippen LogP contribution in [0.3, 0.4) is 0 Å². The summed E-state index contributed by atoms with van der Waals surface area (Å²) in [6, 6.07) is 22.0. The third kappa shape index (κ3) is 23.5. The minimum atomic E-state index is -1.47. The number of unbranched alkanes of at least 4 members (excludes halogenated alkanes) is 18. The molecular formula is C62H81Cl2N5O12. The topological polar surface area (TPSA) is 213 Å². The van der Waals surface area contributed by atoms with Crippen LogP contribution >= 0.6 is 23.2 Å². The second-order valence-corrected chi connectivity index (χ2v) is 21.1. The Morgan fingerprint density at radius 2 is 1.07 bits per heavy atom. The van der Waals surface area contributed by atoms with Gasteiger partial charge in [0.05, 0.1) is 51.3 Å². The van der Waals surface area contributed by atoms with Crippen molar-refractivity contribution in [1.82, 2.24) is 15.0 Å². The molecule has 0 fully saturated rings. The predicted molar refractivity (Wildman–Crippen MR) is 313 cm³/mol. The monoisotopic (exact) mass is 1160 g/mol. The Kier molecular flexibility index (Phi) is 29.8. The molecule has 5 aromatic rings. The van der Waals surface area contributed by atoms with Crippen molar-refractivity contribution in [3.05, 3.63) is 112 Å². The summed E-state index contributed by atoms with van der Waals surface area (Å²) in [6.07, 6.45) is 20.5. The molecule has 2 N–H and O–H groups in total. The first-order valence-corrected chi connectivity index (χ1v) is 29.7. The third-order valence-corrected chi connectivity index (χ3v) is 14.2. The number of aryl methyl sites for hydroxylation is 1. The molecule has 0 spiro atoms. The number of carbonyl (C=O) groups is 6. The normalized spacial score (nSPS) is 12.3. The molecule has 0 saturated heterocycles. The minimum absolute atomic E-state index is 0.0213. The van der Waals surface area contributed by atoms with E-state index in [1.54, 1.807) is 54.6 Å². The Hall–Kier alpha value is -6.40. The Balaban J connectivity index is 1.21. The fraction of sp³-hybridized carbons (Fsp3) is 0.516. The molecule has 19 heteroatoms. The molecule has 0 aliphatic carbocycles. The number of amides is 2. The quantitative estimate of drug-likeness (QED) is 0.00713. The average molecular weight is 1160 g/mol. The lowest BCUT2D eigenvalue weighted by Crippen LogP contribution is -2.35. The summed E-state index contributed by atoms with van der Waals surface area (Å²) in [5, 5.41) is 14.1. The number of hydrogen-bond donors (Lipinski definition) is 2. The lowest BCUT2D eigenvalue weighted by Gasteiger charge is -2.19. The van der Waals surface area contributed by atoms with E-state index < -0.39 is 53.8 Å². The van der Waals surface area contributed by atoms with Crippen LogP contribution in [0.25, 0.3) is 11.0 Å². The van der Waals surface area contributed by atoms with Crippen LogP contribution in [0.4, 0.5) is 11.4 Å². The summed E-state index contributed by atoms with van der Waals surface area (Å²) in [4.78, 5) is 91.4. The smallest absolute Gasteiger partial charge is 0.347 e. The maximum absolute atomic E-state index is 14.4. The molecule has 0 bridgehead atoms. The zero-order chi connectivity index (χ0) is 58.2. The SMILES string of the molecule is CCCCCCCCCCCCOC(=O)C(C)OOCc1ccc(Cl)c(NC(=O)C(CCn2nnc3ccc(C(=O)Oc4ccccc4)cc32)C(=O)Nc2cc(C(=O)OC(C)C(=O)OCCCCCCCCCCCC)ccc2Cl)c1. The summed E-state index contributed by atoms with van der Waals surface area (Å²) in [7, 11) is 0. The molecule has 3 unspecified atom stereocenters. The second kappa shape index (κ2) is 36.9. The zero-order valence-electron chi connectivity index (χ0n) is 47.5. The number of rotatable bonds is 39. The van der Waals surface area contributed by atoms with E-state index in [9.17, 15) is 28.8 Å². The fourth-order valence-electron chi connectivity index (χ4n) is 8.77. The van der Waals surface area contributed by atoms with E-state index >= 15 is 0 Å². The van der Waals surface area contributed by atoms with Gasteiger partial charge in [-0.15, -0.1) is 5.10 Å². The van der Waals surface area contributed by atoms with E-state index in [0.29, 0.717) is 28.8 Å². The highest BCUT2D eigenvalue weighted by Gasteiger charge is 2.30. The second-order valence-electron chi connectivity index (χ2n) is 20.3. The first kappa shape index (κ1) is 65.4. The summed E-state index contributed by atoms with van der Waals surface area (Å²) < 4.78 is 23.2. The molecule has 2 amide bonds. The number of anilines is 2. The van der Waals surface area contributed by atoms with Crippen LogP contribution in [0.5, 0.6) is 5.75 Å². The lowest BCUT2D eigenvalue weighted by atomic mass is 10.0. The van der Waals surface area contributed by atoms with Crippen molar-refractivity contribution in [2.24, 2.45) is 5.92 Å². The number of esters is 4. The van der Waals surface area contributed by atoms with Gasteiger partial charge in [0.15, 0.2) is 12.2 Å². The van der Waals surface area contributed by atoms with Gasteiger partial charge in [-0.25, -0.2) is 33.6 Å². The third-order valence-electron chi connectivity index (χ3n) is 13.6. The first-order valence-electron chi connectivity index (χ1n) is 28.9. The van der Waals surface area contributed by atoms with Crippen LogP contribution in [0, 0.1) is 5.92 Å². The van der Waals surface area contributed by atoms with Gasteiger partial charge in [0.25, 0.3) is 0 Å². The Bertz CT molecular complexity index is 2760. The number of ether oxygens (including phenoxy) is 4. The van der Waals surface area contributed by atoms with Crippen molar-refractivity contribution in [3.8, 4) is 5.75 Å². The van der Waals surface area contributed by atoms with E-state index in [1.165, 1.54) is 132 Å². The summed E-state index contributed by atoms with van der Waals surface area (Å²) in [5.41, 5.74) is 1.66. The standard InChI is InChI=1S/C62H81Cl2N5O12/c1-5-7-9-11-13-15-17-19-21-26-38-76-59(72)44(3)79-61(74)47-31-34-52(64)55(41-47)66-58(71)50(36-37-69-56-42-48(32-35-53(56)67-68-69)62(75)80-49-28-24-23-25-29-49)57(70)65-54-40-46(30-33-51(54)63)43-78-81-45(4)60(73)77-39-27-22-20-18-16-14-12-10-8-6-2/h23-25,28-35,40-42,44-45,50H,5-22,26-27,36-39,43H2,1-4H3,(H,65,70)(H,66,71). The number of hydrogen-bond acceptors (Lipinski definition) is 14. The number of para-hydroxylation sites is 1. The molecular weight excluding hydrogens is 1080 g/mol. The van der Waals surface area contributed by atoms with Crippen LogP contribution in [0.1, 0.15) is 189 Å². The highest BCUT2D eigenvalue weighted by molar-refractivity contribution is 6.34. The van der Waals surface area contributed by atoms with Gasteiger partial charge >= 0.3 is 23.9 Å². The van der Waals surface area contributed by atoms with E-state index in [0.717, 1.165) is 38.5 Å². The highest BCUT2D eigenvalue weighted by atomic mass is 35.5. The molecule has 1 heterocycles. The molecule has 4 aromatic carbocycles. The van der Waals surface area contributed by atoms with Crippen molar-refractivity contribution in [2.75, 3.05) is 23.8 Å².